The lowest BCUT2D eigenvalue weighted by molar-refractivity contribution is -0.0600. The van der Waals surface area contributed by atoms with E-state index in [0.717, 1.165) is 0 Å². The highest BCUT2D eigenvalue weighted by Gasteiger charge is 2.43. The van der Waals surface area contributed by atoms with Crippen molar-refractivity contribution in [3.05, 3.63) is 16.7 Å². The average Bonchev–Trinajstić information content (AvgIpc) is 3.20. The van der Waals surface area contributed by atoms with Crippen LogP contribution in [0, 0.1) is 0 Å². The van der Waals surface area contributed by atoms with Gasteiger partial charge in [-0.1, -0.05) is 0 Å². The number of rotatable bonds is 9. The Labute approximate surface area is 176 Å². The summed E-state index contributed by atoms with van der Waals surface area (Å²) in [5.41, 5.74) is 4.96. The third-order valence-corrected chi connectivity index (χ3v) is 7.74. The van der Waals surface area contributed by atoms with Crippen molar-refractivity contribution < 1.29 is 56.0 Å². The molecule has 0 aromatic carbocycles. The van der Waals surface area contributed by atoms with Crippen LogP contribution in [0.2, 0.25) is 0 Å². The van der Waals surface area contributed by atoms with E-state index in [-0.39, 0.29) is 23.5 Å². The molecule has 1 aliphatic rings. The maximum absolute atomic E-state index is 11.9. The lowest BCUT2D eigenvalue weighted by atomic mass is 10.2. The monoisotopic (exact) mass is 522 g/mol. The molecule has 1 saturated heterocycles. The summed E-state index contributed by atoms with van der Waals surface area (Å²) in [6, 6.07) is 0. The van der Waals surface area contributed by atoms with Crippen LogP contribution in [0.4, 0.5) is 5.95 Å². The fourth-order valence-corrected chi connectivity index (χ4v) is 5.82. The van der Waals surface area contributed by atoms with Crippen molar-refractivity contribution in [1.82, 2.24) is 19.5 Å². The van der Waals surface area contributed by atoms with E-state index in [4.69, 9.17) is 35.9 Å². The van der Waals surface area contributed by atoms with E-state index < -0.39 is 54.1 Å². The number of nitrogens with zero attached hydrogens (tertiary/aromatic N) is 3. The molecular formula is C10H17N6O13P3. The molecule has 0 radical (unpaired) electrons. The molecule has 19 nitrogen and oxygen atoms in total. The smallest absolute Gasteiger partial charge is 0.369 e. The number of imidazole rings is 1. The first-order valence-corrected chi connectivity index (χ1v) is 12.7. The Morgan fingerprint density at radius 2 is 1.91 bits per heavy atom. The molecule has 180 valence electrons. The zero-order valence-corrected chi connectivity index (χ0v) is 18.2. The highest BCUT2D eigenvalue weighted by molar-refractivity contribution is 7.66. The maximum atomic E-state index is 11.9. The van der Waals surface area contributed by atoms with Gasteiger partial charge < -0.3 is 30.0 Å². The molecule has 0 bridgehead atoms. The van der Waals surface area contributed by atoms with Crippen LogP contribution in [0.5, 0.6) is 0 Å². The van der Waals surface area contributed by atoms with E-state index in [2.05, 4.69) is 28.1 Å². The van der Waals surface area contributed by atoms with Crippen LogP contribution < -0.4 is 17.2 Å². The van der Waals surface area contributed by atoms with Gasteiger partial charge in [0.25, 0.3) is 5.56 Å². The van der Waals surface area contributed by atoms with Gasteiger partial charge in [0.1, 0.15) is 18.4 Å². The summed E-state index contributed by atoms with van der Waals surface area (Å²) in [5.74, 6) is 5.02. The summed E-state index contributed by atoms with van der Waals surface area (Å²) in [6.07, 6.45) is -1.72. The van der Waals surface area contributed by atoms with Crippen molar-refractivity contribution in [3.8, 4) is 0 Å². The van der Waals surface area contributed by atoms with E-state index in [0.29, 0.717) is 0 Å². The van der Waals surface area contributed by atoms with E-state index in [9.17, 15) is 23.4 Å². The molecule has 3 heterocycles. The number of fused-ring (bicyclic) bond motifs is 1. The molecule has 22 heteroatoms. The number of nitrogen functional groups attached to an aromatic ring is 1. The van der Waals surface area contributed by atoms with Crippen LogP contribution in [-0.4, -0.2) is 57.9 Å². The topological polar surface area (TPSA) is 294 Å². The number of nitrogens with two attached hydrogens (primary N) is 2. The second-order valence-electron chi connectivity index (χ2n) is 6.20. The second-order valence-corrected chi connectivity index (χ2v) is 10.6. The highest BCUT2D eigenvalue weighted by atomic mass is 31.3. The number of phosphoric acid groups is 3. The van der Waals surface area contributed by atoms with E-state index in [1.807, 2.05) is 0 Å². The number of hydrogen-bond donors (Lipinski definition) is 7. The van der Waals surface area contributed by atoms with Crippen molar-refractivity contribution in [2.24, 2.45) is 5.90 Å². The van der Waals surface area contributed by atoms with E-state index in [1.54, 1.807) is 0 Å². The van der Waals surface area contributed by atoms with E-state index in [1.165, 1.54) is 10.9 Å². The molecule has 9 N–H and O–H groups in total. The third kappa shape index (κ3) is 6.06. The number of hydrogen-bond acceptors (Lipinski definition) is 13. The van der Waals surface area contributed by atoms with Gasteiger partial charge in [0.05, 0.1) is 12.9 Å². The Morgan fingerprint density at radius 3 is 2.53 bits per heavy atom. The summed E-state index contributed by atoms with van der Waals surface area (Å²) in [4.78, 5) is 62.6. The lowest BCUT2D eigenvalue weighted by Gasteiger charge is -2.20. The molecule has 32 heavy (non-hydrogen) atoms. The van der Waals surface area contributed by atoms with Crippen molar-refractivity contribution in [2.45, 2.75) is 24.9 Å². The van der Waals surface area contributed by atoms with Crippen LogP contribution in [0.1, 0.15) is 12.6 Å². The summed E-state index contributed by atoms with van der Waals surface area (Å²) < 4.78 is 52.6. The van der Waals surface area contributed by atoms with Crippen molar-refractivity contribution in [3.63, 3.8) is 0 Å². The van der Waals surface area contributed by atoms with Crippen molar-refractivity contribution in [1.29, 1.82) is 0 Å². The number of nitrogens with one attached hydrogen (secondary N) is 1. The first-order valence-electron chi connectivity index (χ1n) is 8.21. The Bertz CT molecular complexity index is 1190. The van der Waals surface area contributed by atoms with E-state index >= 15 is 0 Å². The lowest BCUT2D eigenvalue weighted by Crippen LogP contribution is -2.31. The molecule has 2 aromatic heterocycles. The maximum Gasteiger partial charge on any atom is 0.490 e. The summed E-state index contributed by atoms with van der Waals surface area (Å²) in [6.45, 7) is -0.787. The van der Waals surface area contributed by atoms with Crippen LogP contribution in [0.15, 0.2) is 11.1 Å². The van der Waals surface area contributed by atoms with Crippen molar-refractivity contribution >= 4 is 40.6 Å². The van der Waals surface area contributed by atoms with Crippen LogP contribution >= 0.6 is 23.5 Å². The number of aromatic nitrogens is 4. The number of anilines is 1. The fraction of sp³-hybridized carbons (Fsp3) is 0.500. The Morgan fingerprint density at radius 1 is 1.22 bits per heavy atom. The quantitative estimate of drug-likeness (QED) is 0.147. The largest absolute Gasteiger partial charge is 0.490 e. The van der Waals surface area contributed by atoms with Crippen LogP contribution in [-0.2, 0) is 36.4 Å². The predicted molar refractivity (Wildman–Crippen MR) is 100.0 cm³/mol. The van der Waals surface area contributed by atoms with Crippen LogP contribution in [0.25, 0.3) is 11.2 Å². The molecular weight excluding hydrogens is 505 g/mol. The Kier molecular flexibility index (Phi) is 7.05. The molecule has 0 aliphatic carbocycles. The average molecular weight is 522 g/mol. The second kappa shape index (κ2) is 9.00. The zero-order valence-electron chi connectivity index (χ0n) is 15.5. The molecule has 0 saturated carbocycles. The molecule has 1 aliphatic heterocycles. The summed E-state index contributed by atoms with van der Waals surface area (Å²) in [5, 5.41) is 0. The first kappa shape index (κ1) is 25.1. The number of ether oxygens (including phenoxy) is 1. The van der Waals surface area contributed by atoms with Gasteiger partial charge in [0, 0.05) is 6.42 Å². The molecule has 0 amide bonds. The molecule has 5 atom stereocenters. The molecule has 1 fully saturated rings. The van der Waals surface area contributed by atoms with Gasteiger partial charge in [-0.25, -0.2) is 24.6 Å². The minimum atomic E-state index is -5.67. The van der Waals surface area contributed by atoms with Gasteiger partial charge in [-0.15, -0.1) is 0 Å². The molecule has 2 unspecified atom stereocenters. The minimum absolute atomic E-state index is 0.0285. The van der Waals surface area contributed by atoms with Crippen molar-refractivity contribution in [2.75, 3.05) is 12.3 Å². The van der Waals surface area contributed by atoms with Gasteiger partial charge in [-0.2, -0.15) is 13.6 Å². The van der Waals surface area contributed by atoms with Gasteiger partial charge in [-0.05, 0) is 0 Å². The summed E-state index contributed by atoms with van der Waals surface area (Å²) in [7, 11) is -16.6. The number of aromatic amines is 1. The SMILES string of the molecule is NO[C@H]1C[C@H](n2cnc3c(=O)[nH]c(N)nc32)O[C@@H]1COP(=O)(O)OP(=O)(O)OP(=O)(O)O. The third-order valence-electron chi connectivity index (χ3n) is 3.93. The molecule has 2 aromatic rings. The molecule has 3 rings (SSSR count). The highest BCUT2D eigenvalue weighted by Crippen LogP contribution is 2.66. The van der Waals surface area contributed by atoms with Gasteiger partial charge >= 0.3 is 23.5 Å². The van der Waals surface area contributed by atoms with Gasteiger partial charge in [-0.3, -0.25) is 23.7 Å². The number of phosphoric ester groups is 1. The normalized spacial score (nSPS) is 25.6. The first-order chi connectivity index (χ1) is 14.7. The number of H-pyrrole nitrogens is 1. The molecule has 0 spiro atoms. The minimum Gasteiger partial charge on any atom is -0.369 e. The predicted octanol–water partition coefficient (Wildman–Crippen LogP) is -1.41. The Balaban J connectivity index is 1.71. The summed E-state index contributed by atoms with van der Waals surface area (Å²) >= 11 is 0. The fourth-order valence-electron chi connectivity index (χ4n) is 2.79. The van der Waals surface area contributed by atoms with Gasteiger partial charge in [0.15, 0.2) is 11.2 Å². The standard InChI is InChI=1S/C10H17N6O13P3/c11-10-14-8-7(9(17)15-10)13-3-16(8)6-1-4(27-12)5(26-6)2-25-31(21,22)29-32(23,24)28-30(18,19)20/h3-6H,1-2,12H2,(H,21,22)(H,23,24)(H2,18,19,20)(H3,11,14,15,17)/t4-,5+,6+/m0/s1. The Hall–Kier alpha value is -1.56. The zero-order chi connectivity index (χ0) is 23.9. The van der Waals surface area contributed by atoms with Gasteiger partial charge in [0.2, 0.25) is 5.95 Å². The van der Waals surface area contributed by atoms with Crippen LogP contribution in [0.3, 0.4) is 0 Å².